The standard InChI is InChI=1S/C25H29NO4/c1-3-21-13-7-8-15-26(21)24(27)18-30-25(28)23(20-11-5-4-6-12-20)17-19-10-9-14-22(16-19)29-2/h4-6,9-12,14,16-17,21H,3,7-8,13,15,18H2,1-2H3. The minimum atomic E-state index is -0.512. The number of amides is 1. The summed E-state index contributed by atoms with van der Waals surface area (Å²) in [5.74, 6) is 0.0709. The second-order valence-corrected chi connectivity index (χ2v) is 7.42. The Labute approximate surface area is 178 Å². The van der Waals surface area contributed by atoms with Gasteiger partial charge in [0.05, 0.1) is 12.7 Å². The van der Waals surface area contributed by atoms with Crippen LogP contribution in [0.3, 0.4) is 0 Å². The molecule has 1 fully saturated rings. The molecule has 0 N–H and O–H groups in total. The Morgan fingerprint density at radius 1 is 1.10 bits per heavy atom. The Morgan fingerprint density at radius 2 is 1.90 bits per heavy atom. The Hall–Kier alpha value is -3.08. The van der Waals surface area contributed by atoms with Gasteiger partial charge in [0.1, 0.15) is 5.75 Å². The number of ether oxygens (including phenoxy) is 2. The van der Waals surface area contributed by atoms with Crippen LogP contribution >= 0.6 is 0 Å². The molecule has 0 saturated carbocycles. The summed E-state index contributed by atoms with van der Waals surface area (Å²) in [6.45, 7) is 2.59. The number of nitrogens with zero attached hydrogens (tertiary/aromatic N) is 1. The highest BCUT2D eigenvalue weighted by Crippen LogP contribution is 2.23. The number of benzene rings is 2. The highest BCUT2D eigenvalue weighted by molar-refractivity contribution is 6.21. The van der Waals surface area contributed by atoms with Crippen molar-refractivity contribution in [2.75, 3.05) is 20.3 Å². The first-order valence-electron chi connectivity index (χ1n) is 10.5. The van der Waals surface area contributed by atoms with Crippen molar-refractivity contribution in [3.63, 3.8) is 0 Å². The van der Waals surface area contributed by atoms with Crippen LogP contribution in [0.25, 0.3) is 11.6 Å². The van der Waals surface area contributed by atoms with E-state index < -0.39 is 5.97 Å². The van der Waals surface area contributed by atoms with Crippen molar-refractivity contribution in [1.29, 1.82) is 0 Å². The van der Waals surface area contributed by atoms with Gasteiger partial charge < -0.3 is 14.4 Å². The third kappa shape index (κ3) is 5.50. The van der Waals surface area contributed by atoms with Crippen molar-refractivity contribution >= 4 is 23.5 Å². The van der Waals surface area contributed by atoms with Gasteiger partial charge in [-0.1, -0.05) is 49.4 Å². The van der Waals surface area contributed by atoms with E-state index in [9.17, 15) is 9.59 Å². The second kappa shape index (κ2) is 10.6. The van der Waals surface area contributed by atoms with Crippen molar-refractivity contribution in [2.24, 2.45) is 0 Å². The zero-order chi connectivity index (χ0) is 21.3. The number of carbonyl (C=O) groups excluding carboxylic acids is 2. The van der Waals surface area contributed by atoms with Gasteiger partial charge in [0.15, 0.2) is 6.61 Å². The number of likely N-dealkylation sites (tertiary alicyclic amines) is 1. The van der Waals surface area contributed by atoms with E-state index in [1.54, 1.807) is 13.2 Å². The maximum Gasteiger partial charge on any atom is 0.339 e. The normalized spacial score (nSPS) is 16.8. The first kappa shape index (κ1) is 21.6. The summed E-state index contributed by atoms with van der Waals surface area (Å²) in [6.07, 6.45) is 5.84. The van der Waals surface area contributed by atoms with E-state index in [-0.39, 0.29) is 18.6 Å². The summed E-state index contributed by atoms with van der Waals surface area (Å²) >= 11 is 0. The number of hydrogen-bond donors (Lipinski definition) is 0. The number of esters is 1. The predicted octanol–water partition coefficient (Wildman–Crippen LogP) is 4.57. The fourth-order valence-electron chi connectivity index (χ4n) is 3.82. The monoisotopic (exact) mass is 407 g/mol. The Morgan fingerprint density at radius 3 is 2.63 bits per heavy atom. The van der Waals surface area contributed by atoms with Crippen LogP contribution in [0.5, 0.6) is 5.75 Å². The lowest BCUT2D eigenvalue weighted by molar-refractivity contribution is -0.149. The van der Waals surface area contributed by atoms with Crippen LogP contribution in [0, 0.1) is 0 Å². The first-order valence-corrected chi connectivity index (χ1v) is 10.5. The van der Waals surface area contributed by atoms with Crippen molar-refractivity contribution in [3.05, 3.63) is 65.7 Å². The van der Waals surface area contributed by atoms with Crippen molar-refractivity contribution < 1.29 is 19.1 Å². The minimum Gasteiger partial charge on any atom is -0.497 e. The molecule has 1 aliphatic heterocycles. The molecule has 30 heavy (non-hydrogen) atoms. The maximum atomic E-state index is 12.9. The molecule has 0 spiro atoms. The smallest absolute Gasteiger partial charge is 0.339 e. The molecule has 0 bridgehead atoms. The molecular formula is C25H29NO4. The lowest BCUT2D eigenvalue weighted by atomic mass is 10.00. The average Bonchev–Trinajstić information content (AvgIpc) is 2.81. The molecule has 2 aromatic rings. The number of hydrogen-bond acceptors (Lipinski definition) is 4. The third-order valence-electron chi connectivity index (χ3n) is 5.45. The highest BCUT2D eigenvalue weighted by Gasteiger charge is 2.26. The molecule has 1 aliphatic rings. The van der Waals surface area contributed by atoms with Crippen molar-refractivity contribution in [2.45, 2.75) is 38.6 Å². The summed E-state index contributed by atoms with van der Waals surface area (Å²) in [5.41, 5.74) is 1.96. The van der Waals surface area contributed by atoms with Gasteiger partial charge in [0.2, 0.25) is 0 Å². The largest absolute Gasteiger partial charge is 0.497 e. The number of piperidine rings is 1. The van der Waals surface area contributed by atoms with Crippen LogP contribution in [-0.4, -0.2) is 43.1 Å². The molecule has 2 aromatic carbocycles. The van der Waals surface area contributed by atoms with E-state index in [4.69, 9.17) is 9.47 Å². The fraction of sp³-hybridized carbons (Fsp3) is 0.360. The second-order valence-electron chi connectivity index (χ2n) is 7.42. The highest BCUT2D eigenvalue weighted by atomic mass is 16.5. The van der Waals surface area contributed by atoms with Gasteiger partial charge >= 0.3 is 5.97 Å². The number of methoxy groups -OCH3 is 1. The summed E-state index contributed by atoms with van der Waals surface area (Å²) < 4.78 is 10.7. The van der Waals surface area contributed by atoms with Gasteiger partial charge in [0, 0.05) is 12.6 Å². The molecule has 0 radical (unpaired) electrons. The summed E-state index contributed by atoms with van der Waals surface area (Å²) in [6, 6.07) is 17.0. The fourth-order valence-corrected chi connectivity index (χ4v) is 3.82. The van der Waals surface area contributed by atoms with Crippen LogP contribution < -0.4 is 4.74 Å². The van der Waals surface area contributed by atoms with Gasteiger partial charge in [-0.25, -0.2) is 4.79 Å². The average molecular weight is 408 g/mol. The molecule has 3 rings (SSSR count). The van der Waals surface area contributed by atoms with Gasteiger partial charge in [-0.3, -0.25) is 4.79 Å². The van der Waals surface area contributed by atoms with E-state index in [0.29, 0.717) is 11.3 Å². The molecule has 0 aromatic heterocycles. The number of carbonyl (C=O) groups is 2. The molecular weight excluding hydrogens is 378 g/mol. The van der Waals surface area contributed by atoms with Crippen LogP contribution in [0.4, 0.5) is 0 Å². The lowest BCUT2D eigenvalue weighted by Crippen LogP contribution is -2.45. The van der Waals surface area contributed by atoms with Crippen molar-refractivity contribution in [1.82, 2.24) is 4.90 Å². The van der Waals surface area contributed by atoms with Gasteiger partial charge in [-0.05, 0) is 55.0 Å². The first-order chi connectivity index (χ1) is 14.6. The number of rotatable bonds is 7. The lowest BCUT2D eigenvalue weighted by Gasteiger charge is -2.35. The molecule has 5 heteroatoms. The van der Waals surface area contributed by atoms with Gasteiger partial charge in [-0.15, -0.1) is 0 Å². The minimum absolute atomic E-state index is 0.122. The quantitative estimate of drug-likeness (QED) is 0.383. The van der Waals surface area contributed by atoms with Crippen LogP contribution in [0.1, 0.15) is 43.7 Å². The van der Waals surface area contributed by atoms with Gasteiger partial charge in [0.25, 0.3) is 5.91 Å². The summed E-state index contributed by atoms with van der Waals surface area (Å²) in [7, 11) is 1.60. The molecule has 1 heterocycles. The SMILES string of the molecule is CCC1CCCCN1C(=O)COC(=O)C(=Cc1cccc(OC)c1)c1ccccc1. The molecule has 1 saturated heterocycles. The predicted molar refractivity (Wildman–Crippen MR) is 118 cm³/mol. The van der Waals surface area contributed by atoms with E-state index in [2.05, 4.69) is 6.92 Å². The molecule has 1 amide bonds. The molecule has 0 aliphatic carbocycles. The molecule has 1 unspecified atom stereocenters. The molecule has 158 valence electrons. The van der Waals surface area contributed by atoms with Gasteiger partial charge in [-0.2, -0.15) is 0 Å². The van der Waals surface area contributed by atoms with Crippen LogP contribution in [0.15, 0.2) is 54.6 Å². The molecule has 5 nitrogen and oxygen atoms in total. The Kier molecular flexibility index (Phi) is 7.66. The topological polar surface area (TPSA) is 55.8 Å². The van der Waals surface area contributed by atoms with Crippen LogP contribution in [-0.2, 0) is 14.3 Å². The summed E-state index contributed by atoms with van der Waals surface area (Å²) in [4.78, 5) is 27.5. The zero-order valence-electron chi connectivity index (χ0n) is 17.7. The van der Waals surface area contributed by atoms with Crippen molar-refractivity contribution in [3.8, 4) is 5.75 Å². The Balaban J connectivity index is 1.77. The van der Waals surface area contributed by atoms with E-state index in [1.807, 2.05) is 59.5 Å². The van der Waals surface area contributed by atoms with Crippen LogP contribution in [0.2, 0.25) is 0 Å². The zero-order valence-corrected chi connectivity index (χ0v) is 17.7. The maximum absolute atomic E-state index is 12.9. The summed E-state index contributed by atoms with van der Waals surface area (Å²) in [5, 5.41) is 0. The third-order valence-corrected chi connectivity index (χ3v) is 5.45. The van der Waals surface area contributed by atoms with E-state index in [0.717, 1.165) is 43.4 Å². The van der Waals surface area contributed by atoms with E-state index in [1.165, 1.54) is 0 Å². The Bertz CT molecular complexity index is 891. The molecule has 1 atom stereocenters. The van der Waals surface area contributed by atoms with E-state index >= 15 is 0 Å².